The molecule has 0 amide bonds. The number of ether oxygens (including phenoxy) is 1. The molecule has 0 aromatic heterocycles. The first kappa shape index (κ1) is 22.5. The molecule has 0 saturated heterocycles. The summed E-state index contributed by atoms with van der Waals surface area (Å²) >= 11 is 0. The van der Waals surface area contributed by atoms with Crippen LogP contribution in [0.4, 0.5) is 0 Å². The van der Waals surface area contributed by atoms with Gasteiger partial charge >= 0.3 is 29.6 Å². The molecule has 0 bridgehead atoms. The minimum Gasteiger partial charge on any atom is -0.545 e. The molecule has 3 nitrogen and oxygen atoms in total. The van der Waals surface area contributed by atoms with Crippen LogP contribution in [0.1, 0.15) is 81.5 Å². The van der Waals surface area contributed by atoms with Gasteiger partial charge in [-0.3, -0.25) is 0 Å². The zero-order valence-corrected chi connectivity index (χ0v) is 16.8. The van der Waals surface area contributed by atoms with Gasteiger partial charge in [0.2, 0.25) is 0 Å². The van der Waals surface area contributed by atoms with Crippen molar-refractivity contribution in [3.8, 4) is 5.75 Å². The minimum atomic E-state index is -1.18. The van der Waals surface area contributed by atoms with E-state index in [1.54, 1.807) is 18.2 Å². The standard InChI is InChI=1S/C19H30O3.Na/c1-2-3-4-5-6-7-8-9-10-13-16-22-18-15-12-11-14-17(18)19(20)21;/h11-12,14-15H,2-10,13,16H2,1H3,(H,20,21);/q;+1/p-1. The van der Waals surface area contributed by atoms with Crippen molar-refractivity contribution >= 4 is 5.97 Å². The van der Waals surface area contributed by atoms with Gasteiger partial charge in [-0.1, -0.05) is 76.8 Å². The van der Waals surface area contributed by atoms with Crippen molar-refractivity contribution < 1.29 is 44.2 Å². The summed E-state index contributed by atoms with van der Waals surface area (Å²) in [5.74, 6) is -0.767. The maximum Gasteiger partial charge on any atom is 1.00 e. The Morgan fingerprint density at radius 2 is 1.43 bits per heavy atom. The van der Waals surface area contributed by atoms with Crippen molar-refractivity contribution in [2.24, 2.45) is 0 Å². The van der Waals surface area contributed by atoms with Crippen LogP contribution in [0.15, 0.2) is 24.3 Å². The van der Waals surface area contributed by atoms with E-state index in [-0.39, 0.29) is 35.1 Å². The molecule has 0 atom stereocenters. The SMILES string of the molecule is CCCCCCCCCCCCOc1ccccc1C(=O)[O-].[Na+]. The molecule has 1 aromatic rings. The van der Waals surface area contributed by atoms with E-state index in [9.17, 15) is 9.90 Å². The maximum atomic E-state index is 10.9. The molecule has 0 aliphatic rings. The second kappa shape index (κ2) is 15.0. The molecule has 0 spiro atoms. The summed E-state index contributed by atoms with van der Waals surface area (Å²) in [6.07, 6.45) is 12.7. The Morgan fingerprint density at radius 1 is 0.913 bits per heavy atom. The van der Waals surface area contributed by atoms with Crippen molar-refractivity contribution in [1.82, 2.24) is 0 Å². The van der Waals surface area contributed by atoms with Gasteiger partial charge in [0, 0.05) is 5.56 Å². The van der Waals surface area contributed by atoms with E-state index in [2.05, 4.69) is 6.92 Å². The van der Waals surface area contributed by atoms with E-state index in [0.29, 0.717) is 12.4 Å². The smallest absolute Gasteiger partial charge is 0.545 e. The molecule has 0 heterocycles. The van der Waals surface area contributed by atoms with E-state index in [0.717, 1.165) is 12.8 Å². The van der Waals surface area contributed by atoms with Crippen LogP contribution < -0.4 is 39.4 Å². The summed E-state index contributed by atoms with van der Waals surface area (Å²) in [5, 5.41) is 10.9. The van der Waals surface area contributed by atoms with Gasteiger partial charge < -0.3 is 14.6 Å². The molecule has 0 N–H and O–H groups in total. The number of carbonyl (C=O) groups excluding carboxylic acids is 1. The third-order valence-electron chi connectivity index (χ3n) is 3.86. The third-order valence-corrected chi connectivity index (χ3v) is 3.86. The molecular formula is C19H29NaO3. The zero-order valence-electron chi connectivity index (χ0n) is 14.8. The number of unbranched alkanes of at least 4 members (excludes halogenated alkanes) is 9. The van der Waals surface area contributed by atoms with Gasteiger partial charge in [0.25, 0.3) is 0 Å². The second-order valence-corrected chi connectivity index (χ2v) is 5.81. The Balaban J connectivity index is 0.00000484. The average molecular weight is 328 g/mol. The van der Waals surface area contributed by atoms with Gasteiger partial charge in [-0.15, -0.1) is 0 Å². The minimum absolute atomic E-state index is 0. The van der Waals surface area contributed by atoms with Crippen LogP contribution in [0.25, 0.3) is 0 Å². The van der Waals surface area contributed by atoms with Crippen LogP contribution in [-0.4, -0.2) is 12.6 Å². The van der Waals surface area contributed by atoms with Gasteiger partial charge in [0.1, 0.15) is 5.75 Å². The van der Waals surface area contributed by atoms with Gasteiger partial charge in [0.05, 0.1) is 12.6 Å². The topological polar surface area (TPSA) is 49.4 Å². The Morgan fingerprint density at radius 3 is 2.00 bits per heavy atom. The number of aromatic carboxylic acids is 1. The van der Waals surface area contributed by atoms with E-state index in [4.69, 9.17) is 4.74 Å². The second-order valence-electron chi connectivity index (χ2n) is 5.81. The average Bonchev–Trinajstić information content (AvgIpc) is 2.53. The molecule has 0 fully saturated rings. The fourth-order valence-electron chi connectivity index (χ4n) is 2.53. The first-order valence-electron chi connectivity index (χ1n) is 8.69. The van der Waals surface area contributed by atoms with Crippen LogP contribution in [0, 0.1) is 0 Å². The van der Waals surface area contributed by atoms with Crippen LogP contribution in [0.2, 0.25) is 0 Å². The molecule has 0 radical (unpaired) electrons. The summed E-state index contributed by atoms with van der Waals surface area (Å²) in [7, 11) is 0. The molecule has 23 heavy (non-hydrogen) atoms. The molecule has 1 rings (SSSR count). The summed E-state index contributed by atoms with van der Waals surface area (Å²) in [5.41, 5.74) is 0.134. The van der Waals surface area contributed by atoms with Crippen LogP contribution >= 0.6 is 0 Å². The molecule has 124 valence electrons. The fourth-order valence-corrected chi connectivity index (χ4v) is 2.53. The van der Waals surface area contributed by atoms with Crippen LogP contribution in [-0.2, 0) is 0 Å². The summed E-state index contributed by atoms with van der Waals surface area (Å²) < 4.78 is 5.55. The van der Waals surface area contributed by atoms with Crippen LogP contribution in [0.3, 0.4) is 0 Å². The van der Waals surface area contributed by atoms with E-state index >= 15 is 0 Å². The number of rotatable bonds is 13. The number of carboxylic acids is 1. The number of para-hydroxylation sites is 1. The van der Waals surface area contributed by atoms with E-state index in [1.165, 1.54) is 57.4 Å². The molecule has 4 heteroatoms. The molecule has 0 unspecified atom stereocenters. The normalized spacial score (nSPS) is 10.1. The van der Waals surface area contributed by atoms with Crippen molar-refractivity contribution in [1.29, 1.82) is 0 Å². The monoisotopic (exact) mass is 328 g/mol. The summed E-state index contributed by atoms with van der Waals surface area (Å²) in [6, 6.07) is 6.66. The van der Waals surface area contributed by atoms with Gasteiger partial charge in [-0.25, -0.2) is 0 Å². The van der Waals surface area contributed by atoms with Crippen LogP contribution in [0.5, 0.6) is 5.75 Å². The van der Waals surface area contributed by atoms with Gasteiger partial charge in [0.15, 0.2) is 0 Å². The molecular weight excluding hydrogens is 299 g/mol. The van der Waals surface area contributed by atoms with E-state index in [1.807, 2.05) is 0 Å². The Hall–Kier alpha value is -0.510. The molecule has 0 aliphatic carbocycles. The predicted octanol–water partition coefficient (Wildman–Crippen LogP) is 1.35. The number of carboxylic acid groups (broad SMARTS) is 1. The third kappa shape index (κ3) is 10.8. The fraction of sp³-hybridized carbons (Fsp3) is 0.632. The molecule has 1 aromatic carbocycles. The predicted molar refractivity (Wildman–Crippen MR) is 88.1 cm³/mol. The zero-order chi connectivity index (χ0) is 16.0. The largest absolute Gasteiger partial charge is 1.00 e. The first-order chi connectivity index (χ1) is 10.8. The number of benzene rings is 1. The number of hydrogen-bond donors (Lipinski definition) is 0. The quantitative estimate of drug-likeness (QED) is 0.406. The molecule has 0 saturated carbocycles. The van der Waals surface area contributed by atoms with Crippen molar-refractivity contribution in [3.63, 3.8) is 0 Å². The Labute approximate surface area is 163 Å². The Kier molecular flexibility index (Phi) is 14.7. The van der Waals surface area contributed by atoms with Gasteiger partial charge in [-0.2, -0.15) is 0 Å². The summed E-state index contributed by atoms with van der Waals surface area (Å²) in [6.45, 7) is 2.81. The first-order valence-corrected chi connectivity index (χ1v) is 8.69. The van der Waals surface area contributed by atoms with Gasteiger partial charge in [-0.05, 0) is 18.6 Å². The van der Waals surface area contributed by atoms with Crippen molar-refractivity contribution in [3.05, 3.63) is 29.8 Å². The van der Waals surface area contributed by atoms with Crippen molar-refractivity contribution in [2.75, 3.05) is 6.61 Å². The number of hydrogen-bond acceptors (Lipinski definition) is 3. The Bertz CT molecular complexity index is 421. The summed E-state index contributed by atoms with van der Waals surface area (Å²) in [4.78, 5) is 10.9. The number of carbonyl (C=O) groups is 1. The van der Waals surface area contributed by atoms with E-state index < -0.39 is 5.97 Å². The molecule has 0 aliphatic heterocycles. The van der Waals surface area contributed by atoms with Crippen molar-refractivity contribution in [2.45, 2.75) is 71.1 Å². The maximum absolute atomic E-state index is 10.9.